The zero-order valence-electron chi connectivity index (χ0n) is 9.60. The van der Waals surface area contributed by atoms with Gasteiger partial charge in [0.2, 0.25) is 0 Å². The van der Waals surface area contributed by atoms with Crippen molar-refractivity contribution in [2.24, 2.45) is 5.92 Å². The second kappa shape index (κ2) is 9.66. The van der Waals surface area contributed by atoms with Crippen molar-refractivity contribution < 1.29 is 0 Å². The molecule has 2 atom stereocenters. The maximum absolute atomic E-state index is 3.44. The molecule has 0 rings (SSSR count). The molecule has 0 amide bonds. The van der Waals surface area contributed by atoms with Crippen LogP contribution in [0.25, 0.3) is 0 Å². The summed E-state index contributed by atoms with van der Waals surface area (Å²) in [5.41, 5.74) is 0. The Balaban J connectivity index is 3.53. The van der Waals surface area contributed by atoms with Crippen LogP contribution in [0.5, 0.6) is 0 Å². The van der Waals surface area contributed by atoms with Crippen molar-refractivity contribution in [3.05, 3.63) is 0 Å². The SMILES string of the molecule is CCNCC(C)[CH2][SnH]([CH2]C)[S]CC. The van der Waals surface area contributed by atoms with E-state index in [-0.39, 0.29) is 0 Å². The van der Waals surface area contributed by atoms with E-state index in [1.165, 1.54) is 16.7 Å². The molecule has 0 radical (unpaired) electrons. The fourth-order valence-electron chi connectivity index (χ4n) is 1.51. The second-order valence-electron chi connectivity index (χ2n) is 3.63. The predicted molar refractivity (Wildman–Crippen MR) is 68.3 cm³/mol. The van der Waals surface area contributed by atoms with E-state index in [9.17, 15) is 0 Å². The van der Waals surface area contributed by atoms with Gasteiger partial charge in [-0.3, -0.25) is 0 Å². The van der Waals surface area contributed by atoms with Crippen LogP contribution in [0.15, 0.2) is 0 Å². The first-order valence-corrected chi connectivity index (χ1v) is 15.3. The van der Waals surface area contributed by atoms with Gasteiger partial charge in [-0.2, -0.15) is 0 Å². The van der Waals surface area contributed by atoms with Gasteiger partial charge in [-0.1, -0.05) is 0 Å². The van der Waals surface area contributed by atoms with E-state index in [0.717, 1.165) is 12.5 Å². The summed E-state index contributed by atoms with van der Waals surface area (Å²) in [5.74, 6) is 2.27. The third-order valence-electron chi connectivity index (χ3n) is 2.27. The van der Waals surface area contributed by atoms with Gasteiger partial charge in [0.25, 0.3) is 0 Å². The Morgan fingerprint density at radius 1 is 1.31 bits per heavy atom. The molecule has 2 unspecified atom stereocenters. The third-order valence-corrected chi connectivity index (χ3v) is 19.9. The molecule has 3 heteroatoms. The van der Waals surface area contributed by atoms with Crippen molar-refractivity contribution in [3.8, 4) is 0 Å². The Morgan fingerprint density at radius 3 is 2.46 bits per heavy atom. The van der Waals surface area contributed by atoms with Crippen LogP contribution in [0.1, 0.15) is 27.7 Å². The molecule has 0 aliphatic heterocycles. The van der Waals surface area contributed by atoms with Crippen molar-refractivity contribution in [2.75, 3.05) is 18.8 Å². The van der Waals surface area contributed by atoms with Crippen molar-refractivity contribution in [2.45, 2.75) is 36.6 Å². The topological polar surface area (TPSA) is 12.0 Å². The number of hydrogen-bond donors (Lipinski definition) is 1. The zero-order valence-corrected chi connectivity index (χ0v) is 13.7. The Hall–Kier alpha value is 1.11. The van der Waals surface area contributed by atoms with E-state index in [2.05, 4.69) is 42.0 Å². The van der Waals surface area contributed by atoms with E-state index >= 15 is 0 Å². The molecule has 0 bridgehead atoms. The molecule has 0 saturated heterocycles. The molecule has 0 aliphatic carbocycles. The first kappa shape index (κ1) is 14.1. The first-order chi connectivity index (χ1) is 6.24. The third kappa shape index (κ3) is 8.13. The van der Waals surface area contributed by atoms with Gasteiger partial charge >= 0.3 is 94.0 Å². The van der Waals surface area contributed by atoms with E-state index in [4.69, 9.17) is 0 Å². The molecule has 0 heterocycles. The summed E-state index contributed by atoms with van der Waals surface area (Å²) in [5, 5.41) is 3.44. The summed E-state index contributed by atoms with van der Waals surface area (Å²) >= 11 is -1.11. The molecule has 0 aromatic carbocycles. The van der Waals surface area contributed by atoms with Crippen molar-refractivity contribution >= 4 is 27.3 Å². The van der Waals surface area contributed by atoms with Crippen LogP contribution in [0.4, 0.5) is 0 Å². The van der Waals surface area contributed by atoms with Crippen LogP contribution in [0.3, 0.4) is 0 Å². The van der Waals surface area contributed by atoms with Crippen molar-refractivity contribution in [3.63, 3.8) is 0 Å². The van der Waals surface area contributed by atoms with E-state index < -0.39 is 18.4 Å². The van der Waals surface area contributed by atoms with Gasteiger partial charge in [0, 0.05) is 0 Å². The van der Waals surface area contributed by atoms with Crippen LogP contribution in [-0.4, -0.2) is 37.2 Å². The van der Waals surface area contributed by atoms with Crippen molar-refractivity contribution in [1.82, 2.24) is 5.32 Å². The Labute approximate surface area is 93.6 Å². The molecule has 0 aromatic heterocycles. The van der Waals surface area contributed by atoms with Gasteiger partial charge in [-0.05, 0) is 0 Å². The molecule has 0 aliphatic rings. The van der Waals surface area contributed by atoms with Gasteiger partial charge in [0.05, 0.1) is 0 Å². The fraction of sp³-hybridized carbons (Fsp3) is 1.00. The standard InChI is InChI=1S/C6H14N.C2H6S.C2H5.Sn.H/c1-4-7-5-6(2)3;1-2-3;1-2;;/h6-7H,2,4-5H2,1,3H3;3H,2H2,1H3;1H2,2H3;;/q;;;+1;/p-1. The van der Waals surface area contributed by atoms with Gasteiger partial charge in [-0.25, -0.2) is 0 Å². The Morgan fingerprint density at radius 2 is 2.00 bits per heavy atom. The van der Waals surface area contributed by atoms with Gasteiger partial charge in [0.15, 0.2) is 0 Å². The fourth-order valence-corrected chi connectivity index (χ4v) is 15.8. The predicted octanol–water partition coefficient (Wildman–Crippen LogP) is 2.73. The molecule has 0 aromatic rings. The summed E-state index contributed by atoms with van der Waals surface area (Å²) in [6.45, 7) is 11.6. The molecule has 80 valence electrons. The van der Waals surface area contributed by atoms with Gasteiger partial charge in [-0.15, -0.1) is 0 Å². The molecular formula is C10H25NSSn. The number of nitrogens with one attached hydrogen (secondary N) is 1. The molecule has 1 nitrogen and oxygen atoms in total. The quantitative estimate of drug-likeness (QED) is 0.692. The van der Waals surface area contributed by atoms with Crippen LogP contribution < -0.4 is 5.32 Å². The molecule has 0 fully saturated rings. The van der Waals surface area contributed by atoms with Crippen molar-refractivity contribution in [1.29, 1.82) is 0 Å². The van der Waals surface area contributed by atoms with Crippen LogP contribution >= 0.6 is 8.95 Å². The van der Waals surface area contributed by atoms with E-state index in [1.54, 1.807) is 4.44 Å². The summed E-state index contributed by atoms with van der Waals surface area (Å²) < 4.78 is 3.10. The monoisotopic (exact) mass is 311 g/mol. The van der Waals surface area contributed by atoms with E-state index in [1.807, 2.05) is 0 Å². The molecule has 0 spiro atoms. The van der Waals surface area contributed by atoms with Crippen LogP contribution in [0, 0.1) is 5.92 Å². The average molecular weight is 310 g/mol. The van der Waals surface area contributed by atoms with Crippen LogP contribution in [0.2, 0.25) is 8.87 Å². The summed E-state index contributed by atoms with van der Waals surface area (Å²) in [6.07, 6.45) is 0. The average Bonchev–Trinajstić information content (AvgIpc) is 2.14. The summed E-state index contributed by atoms with van der Waals surface area (Å²) in [6, 6.07) is 0. The minimum atomic E-state index is -1.11. The normalized spacial score (nSPS) is 15.7. The molecule has 1 N–H and O–H groups in total. The molecular weight excluding hydrogens is 285 g/mol. The Bertz CT molecular complexity index is 111. The van der Waals surface area contributed by atoms with E-state index in [0.29, 0.717) is 0 Å². The van der Waals surface area contributed by atoms with Gasteiger partial charge < -0.3 is 0 Å². The van der Waals surface area contributed by atoms with Crippen LogP contribution in [-0.2, 0) is 0 Å². The minimum absolute atomic E-state index is 0.916. The Kier molecular flexibility index (Phi) is 10.5. The second-order valence-corrected chi connectivity index (χ2v) is 19.1. The maximum atomic E-state index is 3.44. The molecule has 13 heavy (non-hydrogen) atoms. The zero-order chi connectivity index (χ0) is 10.1. The van der Waals surface area contributed by atoms with Gasteiger partial charge in [0.1, 0.15) is 0 Å². The summed E-state index contributed by atoms with van der Waals surface area (Å²) in [4.78, 5) is 0. The number of rotatable bonds is 8. The molecule has 0 saturated carbocycles. The first-order valence-electron chi connectivity index (χ1n) is 5.56. The number of hydrogen-bond acceptors (Lipinski definition) is 2. The summed E-state index contributed by atoms with van der Waals surface area (Å²) in [7, 11) is 2.32.